The molecule has 0 fully saturated rings. The number of hydrogen-bond acceptors (Lipinski definition) is 2. The Balaban J connectivity index is 2.45. The zero-order valence-electron chi connectivity index (χ0n) is 9.17. The topological polar surface area (TPSA) is 12.9 Å². The molecule has 0 aliphatic carbocycles. The van der Waals surface area contributed by atoms with Crippen LogP contribution < -0.4 is 0 Å². The molecule has 1 aromatic heterocycles. The van der Waals surface area contributed by atoms with Crippen molar-refractivity contribution < 1.29 is 0 Å². The van der Waals surface area contributed by atoms with Crippen LogP contribution in [0.4, 0.5) is 0 Å². The molecule has 0 saturated heterocycles. The number of fused-ring (bicyclic) bond motifs is 1. The highest BCUT2D eigenvalue weighted by Crippen LogP contribution is 2.30. The van der Waals surface area contributed by atoms with Crippen molar-refractivity contribution >= 4 is 37.5 Å². The van der Waals surface area contributed by atoms with Gasteiger partial charge in [0.1, 0.15) is 0 Å². The molecule has 2 aromatic rings. The predicted octanol–water partition coefficient (Wildman–Crippen LogP) is 4.65. The van der Waals surface area contributed by atoms with E-state index in [-0.39, 0.29) is 0 Å². The van der Waals surface area contributed by atoms with E-state index in [1.54, 1.807) is 11.5 Å². The highest BCUT2D eigenvalue weighted by Gasteiger charge is 2.15. The lowest BCUT2D eigenvalue weighted by Gasteiger charge is -2.16. The van der Waals surface area contributed by atoms with E-state index in [4.69, 9.17) is 0 Å². The van der Waals surface area contributed by atoms with Crippen LogP contribution in [0.3, 0.4) is 0 Å². The minimum absolute atomic E-state index is 0.300. The Labute approximate surface area is 103 Å². The largest absolute Gasteiger partial charge is 0.196 e. The van der Waals surface area contributed by atoms with Crippen LogP contribution in [-0.4, -0.2) is 4.37 Å². The summed E-state index contributed by atoms with van der Waals surface area (Å²) in [7, 11) is 0. The summed E-state index contributed by atoms with van der Waals surface area (Å²) in [5.41, 5.74) is 1.53. The zero-order valence-corrected chi connectivity index (χ0v) is 11.6. The van der Waals surface area contributed by atoms with Gasteiger partial charge in [0.2, 0.25) is 0 Å². The first-order chi connectivity index (χ1) is 6.96. The molecule has 0 aliphatic rings. The second-order valence-corrected chi connectivity index (χ2v) is 6.73. The molecular formula is C12H14BrNS. The summed E-state index contributed by atoms with van der Waals surface area (Å²) in [5, 5.41) is 1.30. The maximum Gasteiger partial charge on any atom is 0.0626 e. The lowest BCUT2D eigenvalue weighted by molar-refractivity contribution is 0.409. The Bertz CT molecular complexity index is 482. The van der Waals surface area contributed by atoms with Crippen molar-refractivity contribution in [1.29, 1.82) is 0 Å². The summed E-state index contributed by atoms with van der Waals surface area (Å²) in [6.07, 6.45) is 1.04. The zero-order chi connectivity index (χ0) is 11.1. The van der Waals surface area contributed by atoms with Gasteiger partial charge in [-0.1, -0.05) is 42.8 Å². The third-order valence-electron chi connectivity index (χ3n) is 2.21. The monoisotopic (exact) mass is 283 g/mol. The van der Waals surface area contributed by atoms with Crippen LogP contribution in [0.25, 0.3) is 10.1 Å². The van der Waals surface area contributed by atoms with Gasteiger partial charge >= 0.3 is 0 Å². The Morgan fingerprint density at radius 2 is 2.07 bits per heavy atom. The number of hydrogen-bond donors (Lipinski definition) is 0. The molecule has 0 amide bonds. The van der Waals surface area contributed by atoms with E-state index in [9.17, 15) is 0 Å². The highest BCUT2D eigenvalue weighted by molar-refractivity contribution is 9.10. The van der Waals surface area contributed by atoms with E-state index >= 15 is 0 Å². The van der Waals surface area contributed by atoms with Gasteiger partial charge in [0.05, 0.1) is 10.4 Å². The molecule has 0 atom stereocenters. The van der Waals surface area contributed by atoms with Crippen molar-refractivity contribution in [1.82, 2.24) is 4.37 Å². The molecule has 1 nitrogen and oxygen atoms in total. The first-order valence-corrected chi connectivity index (χ1v) is 6.56. The molecule has 0 N–H and O–H groups in total. The fourth-order valence-corrected chi connectivity index (χ4v) is 2.94. The third kappa shape index (κ3) is 2.58. The van der Waals surface area contributed by atoms with Crippen molar-refractivity contribution in [2.45, 2.75) is 27.2 Å². The molecule has 0 spiro atoms. The summed E-state index contributed by atoms with van der Waals surface area (Å²) >= 11 is 5.07. The van der Waals surface area contributed by atoms with Crippen LogP contribution in [0.1, 0.15) is 26.5 Å². The van der Waals surface area contributed by atoms with Crippen LogP contribution >= 0.6 is 27.5 Å². The first kappa shape index (κ1) is 11.1. The van der Waals surface area contributed by atoms with E-state index in [0.29, 0.717) is 5.41 Å². The van der Waals surface area contributed by atoms with Crippen LogP contribution in [0.5, 0.6) is 0 Å². The molecule has 0 bridgehead atoms. The molecule has 15 heavy (non-hydrogen) atoms. The number of aromatic nitrogens is 1. The Kier molecular flexibility index (Phi) is 2.86. The Morgan fingerprint density at radius 1 is 1.33 bits per heavy atom. The van der Waals surface area contributed by atoms with E-state index < -0.39 is 0 Å². The van der Waals surface area contributed by atoms with Gasteiger partial charge in [-0.3, -0.25) is 0 Å². The van der Waals surface area contributed by atoms with Gasteiger partial charge in [-0.25, -0.2) is 0 Å². The molecular weight excluding hydrogens is 270 g/mol. The highest BCUT2D eigenvalue weighted by atomic mass is 79.9. The predicted molar refractivity (Wildman–Crippen MR) is 70.5 cm³/mol. The molecule has 2 rings (SSSR count). The van der Waals surface area contributed by atoms with E-state index in [2.05, 4.69) is 59.3 Å². The molecule has 3 heteroatoms. The summed E-state index contributed by atoms with van der Waals surface area (Å²) in [6, 6.07) is 6.38. The summed E-state index contributed by atoms with van der Waals surface area (Å²) in [4.78, 5) is 0. The van der Waals surface area contributed by atoms with Gasteiger partial charge in [0, 0.05) is 9.86 Å². The van der Waals surface area contributed by atoms with Crippen molar-refractivity contribution in [2.75, 3.05) is 0 Å². The first-order valence-electron chi connectivity index (χ1n) is 4.99. The van der Waals surface area contributed by atoms with Crippen molar-refractivity contribution in [3.05, 3.63) is 28.4 Å². The normalized spacial score (nSPS) is 12.3. The maximum absolute atomic E-state index is 4.54. The molecule has 0 saturated carbocycles. The number of halogens is 1. The molecule has 0 radical (unpaired) electrons. The second-order valence-electron chi connectivity index (χ2n) is 5.01. The minimum atomic E-state index is 0.300. The van der Waals surface area contributed by atoms with Gasteiger partial charge in [0.25, 0.3) is 0 Å². The molecule has 80 valence electrons. The number of benzene rings is 1. The molecule has 1 heterocycles. The summed E-state index contributed by atoms with van der Waals surface area (Å²) in [5.74, 6) is 0. The summed E-state index contributed by atoms with van der Waals surface area (Å²) < 4.78 is 6.94. The van der Waals surface area contributed by atoms with Crippen LogP contribution in [0, 0.1) is 5.41 Å². The van der Waals surface area contributed by atoms with Gasteiger partial charge in [-0.15, -0.1) is 0 Å². The van der Waals surface area contributed by atoms with E-state index in [1.165, 1.54) is 15.8 Å². The van der Waals surface area contributed by atoms with Crippen LogP contribution in [-0.2, 0) is 6.42 Å². The smallest absolute Gasteiger partial charge is 0.0626 e. The van der Waals surface area contributed by atoms with Crippen molar-refractivity contribution in [3.8, 4) is 0 Å². The van der Waals surface area contributed by atoms with Gasteiger partial charge in [-0.05, 0) is 35.5 Å². The fourth-order valence-electron chi connectivity index (χ4n) is 1.59. The fraction of sp³-hybridized carbons (Fsp3) is 0.417. The number of nitrogens with zero attached hydrogens (tertiary/aromatic N) is 1. The lowest BCUT2D eigenvalue weighted by atomic mass is 9.90. The van der Waals surface area contributed by atoms with Gasteiger partial charge < -0.3 is 0 Å². The number of rotatable bonds is 1. The van der Waals surface area contributed by atoms with Crippen LogP contribution in [0.2, 0.25) is 0 Å². The van der Waals surface area contributed by atoms with Gasteiger partial charge in [-0.2, -0.15) is 4.37 Å². The Hall–Kier alpha value is -0.410. The summed E-state index contributed by atoms with van der Waals surface area (Å²) in [6.45, 7) is 6.74. The average Bonchev–Trinajstić information content (AvgIpc) is 2.45. The maximum atomic E-state index is 4.54. The van der Waals surface area contributed by atoms with Crippen LogP contribution in [0.15, 0.2) is 22.7 Å². The SMILES string of the molecule is CC(C)(C)Cc1nsc2cc(Br)ccc12. The van der Waals surface area contributed by atoms with Gasteiger partial charge in [0.15, 0.2) is 0 Å². The molecule has 0 unspecified atom stereocenters. The molecule has 1 aromatic carbocycles. The molecule has 0 aliphatic heterocycles. The standard InChI is InChI=1S/C12H14BrNS/c1-12(2,3)7-10-9-5-4-8(13)6-11(9)15-14-10/h4-6H,7H2,1-3H3. The second kappa shape index (κ2) is 3.87. The van der Waals surface area contributed by atoms with Crippen molar-refractivity contribution in [2.24, 2.45) is 5.41 Å². The third-order valence-corrected chi connectivity index (χ3v) is 3.55. The lowest BCUT2D eigenvalue weighted by Crippen LogP contribution is -2.09. The minimum Gasteiger partial charge on any atom is -0.196 e. The van der Waals surface area contributed by atoms with Crippen molar-refractivity contribution in [3.63, 3.8) is 0 Å². The van der Waals surface area contributed by atoms with E-state index in [1.807, 2.05) is 0 Å². The quantitative estimate of drug-likeness (QED) is 0.743. The van der Waals surface area contributed by atoms with E-state index in [0.717, 1.165) is 10.9 Å². The Morgan fingerprint density at radius 3 is 2.73 bits per heavy atom. The average molecular weight is 284 g/mol.